The van der Waals surface area contributed by atoms with E-state index in [2.05, 4.69) is 11.2 Å². The molecule has 0 atom stereocenters. The van der Waals surface area contributed by atoms with Crippen molar-refractivity contribution in [3.8, 4) is 0 Å². The van der Waals surface area contributed by atoms with Gasteiger partial charge in [-0.1, -0.05) is 5.57 Å². The second-order valence-electron chi connectivity index (χ2n) is 8.40. The number of carbonyl (C=O) groups excluding carboxylic acids is 3. The van der Waals surface area contributed by atoms with E-state index in [1.54, 1.807) is 24.1 Å². The molecule has 2 aliphatic rings. The molecule has 2 aromatic heterocycles. The standard InChI is InChI=1S/C23H28N4O3/c1-25-9-8-19-20(25)12-16(13-21(19)28)4-3-5-22(29)27-10-6-17(7-11-27)23(30)18-14-24-26(2)15-18/h8-9,12,14-15,17H,3-7,10-11,13H2,1-2H3. The van der Waals surface area contributed by atoms with E-state index in [9.17, 15) is 14.4 Å². The molecule has 0 unspecified atom stereocenters. The molecule has 3 heterocycles. The smallest absolute Gasteiger partial charge is 0.222 e. The van der Waals surface area contributed by atoms with Gasteiger partial charge in [-0.3, -0.25) is 19.1 Å². The molecule has 1 aliphatic carbocycles. The Morgan fingerprint density at radius 3 is 2.67 bits per heavy atom. The lowest BCUT2D eigenvalue weighted by Crippen LogP contribution is -2.40. The Morgan fingerprint density at radius 2 is 1.97 bits per heavy atom. The van der Waals surface area contributed by atoms with Gasteiger partial charge in [-0.2, -0.15) is 5.10 Å². The summed E-state index contributed by atoms with van der Waals surface area (Å²) < 4.78 is 3.61. The Hall–Kier alpha value is -2.96. The Morgan fingerprint density at radius 1 is 1.20 bits per heavy atom. The van der Waals surface area contributed by atoms with Crippen molar-refractivity contribution in [2.45, 2.75) is 38.5 Å². The second kappa shape index (κ2) is 8.42. The highest BCUT2D eigenvalue weighted by Crippen LogP contribution is 2.28. The van der Waals surface area contributed by atoms with Crippen molar-refractivity contribution >= 4 is 23.5 Å². The summed E-state index contributed by atoms with van der Waals surface area (Å²) in [4.78, 5) is 39.3. The number of fused-ring (bicyclic) bond motifs is 1. The molecular weight excluding hydrogens is 380 g/mol. The number of Topliss-reactive ketones (excluding diaryl/α,β-unsaturated/α-hetero) is 2. The lowest BCUT2D eigenvalue weighted by Gasteiger charge is -2.31. The molecule has 1 fully saturated rings. The van der Waals surface area contributed by atoms with Crippen LogP contribution in [0.25, 0.3) is 6.08 Å². The highest BCUT2D eigenvalue weighted by atomic mass is 16.2. The molecule has 1 amide bonds. The molecular formula is C23H28N4O3. The van der Waals surface area contributed by atoms with E-state index >= 15 is 0 Å². The minimum atomic E-state index is -0.0314. The second-order valence-corrected chi connectivity index (χ2v) is 8.40. The van der Waals surface area contributed by atoms with E-state index in [1.807, 2.05) is 28.8 Å². The van der Waals surface area contributed by atoms with Gasteiger partial charge in [0.05, 0.1) is 17.5 Å². The van der Waals surface area contributed by atoms with Crippen LogP contribution in [-0.4, -0.2) is 49.8 Å². The average Bonchev–Trinajstić information content (AvgIpc) is 3.34. The summed E-state index contributed by atoms with van der Waals surface area (Å²) in [5, 5.41) is 4.07. The molecule has 4 rings (SSSR count). The molecule has 1 saturated heterocycles. The summed E-state index contributed by atoms with van der Waals surface area (Å²) in [5.74, 6) is 0.402. The third-order valence-electron chi connectivity index (χ3n) is 6.25. The summed E-state index contributed by atoms with van der Waals surface area (Å²) in [6.07, 6.45) is 11.2. The Balaban J connectivity index is 1.24. The molecule has 0 bridgehead atoms. The average molecular weight is 409 g/mol. The monoisotopic (exact) mass is 408 g/mol. The minimum absolute atomic E-state index is 0.0314. The van der Waals surface area contributed by atoms with Crippen LogP contribution in [0.4, 0.5) is 0 Å². The van der Waals surface area contributed by atoms with E-state index in [1.165, 1.54) is 0 Å². The van der Waals surface area contributed by atoms with Crippen LogP contribution in [0.3, 0.4) is 0 Å². The molecule has 0 saturated carbocycles. The summed E-state index contributed by atoms with van der Waals surface area (Å²) in [6.45, 7) is 1.26. The van der Waals surface area contributed by atoms with Crippen LogP contribution in [0, 0.1) is 5.92 Å². The van der Waals surface area contributed by atoms with Gasteiger partial charge < -0.3 is 9.47 Å². The summed E-state index contributed by atoms with van der Waals surface area (Å²) >= 11 is 0. The Kier molecular flexibility index (Phi) is 5.70. The number of carbonyl (C=O) groups is 3. The Labute approximate surface area is 176 Å². The fourth-order valence-electron chi connectivity index (χ4n) is 4.46. The van der Waals surface area contributed by atoms with Crippen LogP contribution in [0.1, 0.15) is 64.9 Å². The molecule has 1 aliphatic heterocycles. The highest BCUT2D eigenvalue weighted by molar-refractivity contribution is 6.03. The van der Waals surface area contributed by atoms with Crippen molar-refractivity contribution in [1.29, 1.82) is 0 Å². The van der Waals surface area contributed by atoms with Crippen molar-refractivity contribution in [3.63, 3.8) is 0 Å². The van der Waals surface area contributed by atoms with Crippen molar-refractivity contribution in [2.75, 3.05) is 13.1 Å². The number of rotatable bonds is 6. The van der Waals surface area contributed by atoms with Gasteiger partial charge in [-0.15, -0.1) is 0 Å². The van der Waals surface area contributed by atoms with E-state index in [-0.39, 0.29) is 23.4 Å². The number of ketones is 2. The van der Waals surface area contributed by atoms with Crippen LogP contribution >= 0.6 is 0 Å². The van der Waals surface area contributed by atoms with Crippen LogP contribution in [0.15, 0.2) is 30.2 Å². The fourth-order valence-corrected chi connectivity index (χ4v) is 4.46. The first kappa shape index (κ1) is 20.3. The first-order valence-electron chi connectivity index (χ1n) is 10.6. The first-order chi connectivity index (χ1) is 14.4. The third-order valence-corrected chi connectivity index (χ3v) is 6.25. The van der Waals surface area contributed by atoms with Gasteiger partial charge in [0.1, 0.15) is 0 Å². The molecule has 0 aromatic carbocycles. The fraction of sp³-hybridized carbons (Fsp3) is 0.478. The quantitative estimate of drug-likeness (QED) is 0.689. The molecule has 30 heavy (non-hydrogen) atoms. The molecule has 0 radical (unpaired) electrons. The predicted molar refractivity (Wildman–Crippen MR) is 113 cm³/mol. The maximum absolute atomic E-state index is 12.6. The maximum Gasteiger partial charge on any atom is 0.222 e. The van der Waals surface area contributed by atoms with Crippen LogP contribution in [-0.2, 0) is 18.9 Å². The van der Waals surface area contributed by atoms with Gasteiger partial charge in [0.25, 0.3) is 0 Å². The van der Waals surface area contributed by atoms with E-state index < -0.39 is 0 Å². The molecule has 0 spiro atoms. The van der Waals surface area contributed by atoms with Gasteiger partial charge in [0, 0.05) is 63.9 Å². The lowest BCUT2D eigenvalue weighted by molar-refractivity contribution is -0.132. The maximum atomic E-state index is 12.6. The van der Waals surface area contributed by atoms with Crippen LogP contribution in [0.5, 0.6) is 0 Å². The van der Waals surface area contributed by atoms with Crippen LogP contribution in [0.2, 0.25) is 0 Å². The largest absolute Gasteiger partial charge is 0.350 e. The number of piperidine rings is 1. The molecule has 7 nitrogen and oxygen atoms in total. The van der Waals surface area contributed by atoms with Crippen LogP contribution < -0.4 is 0 Å². The van der Waals surface area contributed by atoms with Gasteiger partial charge in [-0.25, -0.2) is 0 Å². The number of aryl methyl sites for hydroxylation is 2. The normalized spacial score (nSPS) is 17.1. The SMILES string of the molecule is Cn1cc(C(=O)C2CCN(C(=O)CCCC3=Cc4c(ccn4C)C(=O)C3)CC2)cn1. The van der Waals surface area contributed by atoms with Gasteiger partial charge in [-0.05, 0) is 37.8 Å². The van der Waals surface area contributed by atoms with E-state index in [4.69, 9.17) is 0 Å². The topological polar surface area (TPSA) is 77.2 Å². The van der Waals surface area contributed by atoms with Crippen molar-refractivity contribution in [3.05, 3.63) is 47.1 Å². The zero-order valence-electron chi connectivity index (χ0n) is 17.6. The minimum Gasteiger partial charge on any atom is -0.350 e. The number of hydrogen-bond acceptors (Lipinski definition) is 4. The Bertz CT molecular complexity index is 1010. The molecule has 2 aromatic rings. The predicted octanol–water partition coefficient (Wildman–Crippen LogP) is 3.02. The zero-order chi connectivity index (χ0) is 21.3. The summed E-state index contributed by atoms with van der Waals surface area (Å²) in [6, 6.07) is 1.87. The van der Waals surface area contributed by atoms with Crippen molar-refractivity contribution in [2.24, 2.45) is 20.0 Å². The first-order valence-corrected chi connectivity index (χ1v) is 10.6. The number of nitrogens with zero attached hydrogens (tertiary/aromatic N) is 4. The van der Waals surface area contributed by atoms with Gasteiger partial charge in [0.15, 0.2) is 11.6 Å². The van der Waals surface area contributed by atoms with Gasteiger partial charge >= 0.3 is 0 Å². The number of aromatic nitrogens is 3. The summed E-state index contributed by atoms with van der Waals surface area (Å²) in [5.41, 5.74) is 3.51. The van der Waals surface area contributed by atoms with Crippen molar-refractivity contribution < 1.29 is 14.4 Å². The third kappa shape index (κ3) is 4.15. The lowest BCUT2D eigenvalue weighted by atomic mass is 9.89. The van der Waals surface area contributed by atoms with Crippen molar-refractivity contribution in [1.82, 2.24) is 19.2 Å². The molecule has 158 valence electrons. The number of amides is 1. The number of allylic oxidation sites excluding steroid dienone is 1. The van der Waals surface area contributed by atoms with E-state index in [0.717, 1.165) is 29.7 Å². The number of likely N-dealkylation sites (tertiary alicyclic amines) is 1. The van der Waals surface area contributed by atoms with Gasteiger partial charge in [0.2, 0.25) is 5.91 Å². The zero-order valence-corrected chi connectivity index (χ0v) is 17.6. The summed E-state index contributed by atoms with van der Waals surface area (Å²) in [7, 11) is 3.74. The highest BCUT2D eigenvalue weighted by Gasteiger charge is 2.28. The molecule has 7 heteroatoms. The van der Waals surface area contributed by atoms with E-state index in [0.29, 0.717) is 44.3 Å². The number of hydrogen-bond donors (Lipinski definition) is 0. The molecule has 0 N–H and O–H groups in total.